The van der Waals surface area contributed by atoms with Crippen LogP contribution in [0.5, 0.6) is 0 Å². The molecule has 1 aromatic rings. The van der Waals surface area contributed by atoms with Crippen LogP contribution in [-0.2, 0) is 4.74 Å². The van der Waals surface area contributed by atoms with Gasteiger partial charge in [-0.1, -0.05) is 44.7 Å². The van der Waals surface area contributed by atoms with E-state index in [-0.39, 0.29) is 18.0 Å². The number of halogens is 1. The second-order valence-electron chi connectivity index (χ2n) is 5.79. The van der Waals surface area contributed by atoms with Gasteiger partial charge in [-0.15, -0.1) is 0 Å². The first-order chi connectivity index (χ1) is 9.70. The second-order valence-corrected chi connectivity index (χ2v) is 5.79. The zero-order chi connectivity index (χ0) is 14.4. The Morgan fingerprint density at radius 1 is 1.15 bits per heavy atom. The predicted molar refractivity (Wildman–Crippen MR) is 80.0 cm³/mol. The zero-order valence-electron chi connectivity index (χ0n) is 12.4. The van der Waals surface area contributed by atoms with Crippen LogP contribution in [-0.4, -0.2) is 12.1 Å². The molecule has 1 aliphatic rings. The average Bonchev–Trinajstić information content (AvgIpc) is 2.74. The van der Waals surface area contributed by atoms with Gasteiger partial charge in [0.05, 0.1) is 12.2 Å². The Kier molecular flexibility index (Phi) is 5.99. The lowest BCUT2D eigenvalue weighted by molar-refractivity contribution is -0.0341. The minimum atomic E-state index is -0.216. The van der Waals surface area contributed by atoms with Crippen molar-refractivity contribution in [3.8, 4) is 0 Å². The third-order valence-corrected chi connectivity index (χ3v) is 4.20. The zero-order valence-corrected chi connectivity index (χ0v) is 12.4. The van der Waals surface area contributed by atoms with Crippen LogP contribution in [0.1, 0.15) is 63.5 Å². The molecule has 0 spiro atoms. The summed E-state index contributed by atoms with van der Waals surface area (Å²) in [5.41, 5.74) is 7.22. The molecule has 0 aliphatic heterocycles. The van der Waals surface area contributed by atoms with E-state index in [1.807, 2.05) is 0 Å². The van der Waals surface area contributed by atoms with E-state index in [0.717, 1.165) is 24.8 Å². The number of rotatable bonds is 5. The van der Waals surface area contributed by atoms with E-state index in [2.05, 4.69) is 6.92 Å². The molecule has 1 aliphatic carbocycles. The van der Waals surface area contributed by atoms with Gasteiger partial charge in [-0.2, -0.15) is 0 Å². The lowest BCUT2D eigenvalue weighted by atomic mass is 10.00. The Morgan fingerprint density at radius 3 is 2.30 bits per heavy atom. The van der Waals surface area contributed by atoms with E-state index in [1.54, 1.807) is 12.1 Å². The molecule has 1 aromatic carbocycles. The lowest BCUT2D eigenvalue weighted by Gasteiger charge is -2.28. The molecule has 1 saturated carbocycles. The molecule has 2 atom stereocenters. The van der Waals surface area contributed by atoms with E-state index >= 15 is 0 Å². The minimum Gasteiger partial charge on any atom is -0.369 e. The Morgan fingerprint density at radius 2 is 1.75 bits per heavy atom. The molecule has 0 saturated heterocycles. The largest absolute Gasteiger partial charge is 0.369 e. The molecular formula is C17H26FNO. The monoisotopic (exact) mass is 279 g/mol. The summed E-state index contributed by atoms with van der Waals surface area (Å²) in [4.78, 5) is 0. The molecule has 0 heterocycles. The van der Waals surface area contributed by atoms with Crippen LogP contribution in [0, 0.1) is 5.82 Å². The van der Waals surface area contributed by atoms with Gasteiger partial charge in [-0.3, -0.25) is 0 Å². The van der Waals surface area contributed by atoms with Crippen molar-refractivity contribution in [3.05, 3.63) is 35.6 Å². The lowest BCUT2D eigenvalue weighted by Crippen LogP contribution is -2.32. The first-order valence-corrected chi connectivity index (χ1v) is 7.87. The Bertz CT molecular complexity index is 384. The van der Waals surface area contributed by atoms with Crippen molar-refractivity contribution in [1.29, 1.82) is 0 Å². The fourth-order valence-corrected chi connectivity index (χ4v) is 2.88. The summed E-state index contributed by atoms with van der Waals surface area (Å²) in [5.74, 6) is -0.216. The van der Waals surface area contributed by atoms with Crippen molar-refractivity contribution in [2.45, 2.75) is 70.1 Å². The van der Waals surface area contributed by atoms with Crippen LogP contribution in [0.2, 0.25) is 0 Å². The van der Waals surface area contributed by atoms with Crippen molar-refractivity contribution in [3.63, 3.8) is 0 Å². The molecule has 2 unspecified atom stereocenters. The summed E-state index contributed by atoms with van der Waals surface area (Å²) < 4.78 is 19.4. The summed E-state index contributed by atoms with van der Waals surface area (Å²) in [7, 11) is 0. The number of benzene rings is 1. The number of ether oxygens (including phenoxy) is 1. The number of nitrogens with two attached hydrogens (primary N) is 1. The van der Waals surface area contributed by atoms with Gasteiger partial charge in [0.2, 0.25) is 0 Å². The number of hydrogen-bond acceptors (Lipinski definition) is 2. The third-order valence-electron chi connectivity index (χ3n) is 4.20. The molecule has 20 heavy (non-hydrogen) atoms. The van der Waals surface area contributed by atoms with E-state index < -0.39 is 0 Å². The van der Waals surface area contributed by atoms with Gasteiger partial charge in [0.15, 0.2) is 0 Å². The minimum absolute atomic E-state index is 0.0382. The molecule has 3 heteroatoms. The van der Waals surface area contributed by atoms with Gasteiger partial charge in [0.1, 0.15) is 5.82 Å². The molecular weight excluding hydrogens is 253 g/mol. The molecule has 0 bridgehead atoms. The van der Waals surface area contributed by atoms with Crippen molar-refractivity contribution < 1.29 is 9.13 Å². The maximum atomic E-state index is 13.1. The highest BCUT2D eigenvalue weighted by molar-refractivity contribution is 5.20. The molecule has 2 rings (SSSR count). The first kappa shape index (κ1) is 15.5. The van der Waals surface area contributed by atoms with Gasteiger partial charge in [0, 0.05) is 6.04 Å². The van der Waals surface area contributed by atoms with Crippen molar-refractivity contribution in [2.75, 3.05) is 0 Å². The van der Waals surface area contributed by atoms with Gasteiger partial charge in [-0.25, -0.2) is 4.39 Å². The van der Waals surface area contributed by atoms with Crippen molar-refractivity contribution in [2.24, 2.45) is 5.73 Å². The van der Waals surface area contributed by atoms with Crippen LogP contribution < -0.4 is 5.73 Å². The van der Waals surface area contributed by atoms with E-state index in [1.165, 1.54) is 37.8 Å². The Balaban J connectivity index is 2.08. The highest BCUT2D eigenvalue weighted by atomic mass is 19.1. The maximum absolute atomic E-state index is 13.1. The summed E-state index contributed by atoms with van der Waals surface area (Å²) in [6.07, 6.45) is 8.36. The van der Waals surface area contributed by atoms with Crippen LogP contribution in [0.4, 0.5) is 4.39 Å². The van der Waals surface area contributed by atoms with Gasteiger partial charge >= 0.3 is 0 Å². The molecule has 0 radical (unpaired) electrons. The van der Waals surface area contributed by atoms with Gasteiger partial charge in [0.25, 0.3) is 0 Å². The summed E-state index contributed by atoms with van der Waals surface area (Å²) >= 11 is 0. The van der Waals surface area contributed by atoms with Crippen molar-refractivity contribution >= 4 is 0 Å². The quantitative estimate of drug-likeness (QED) is 0.814. The Labute approximate surface area is 121 Å². The van der Waals surface area contributed by atoms with E-state index in [4.69, 9.17) is 10.5 Å². The maximum Gasteiger partial charge on any atom is 0.123 e. The Hall–Kier alpha value is -0.930. The van der Waals surface area contributed by atoms with Gasteiger partial charge < -0.3 is 10.5 Å². The highest BCUT2D eigenvalue weighted by Gasteiger charge is 2.24. The second kappa shape index (κ2) is 7.75. The summed E-state index contributed by atoms with van der Waals surface area (Å²) in [5, 5.41) is 0. The van der Waals surface area contributed by atoms with Gasteiger partial charge in [-0.05, 0) is 37.0 Å². The molecule has 112 valence electrons. The molecule has 0 aromatic heterocycles. The SMILES string of the molecule is CCC(N)C(OC1CCCCCC1)c1ccc(F)cc1. The summed E-state index contributed by atoms with van der Waals surface area (Å²) in [6.45, 7) is 2.07. The van der Waals surface area contributed by atoms with E-state index in [0.29, 0.717) is 6.10 Å². The average molecular weight is 279 g/mol. The molecule has 0 amide bonds. The van der Waals surface area contributed by atoms with E-state index in [9.17, 15) is 4.39 Å². The van der Waals surface area contributed by atoms with Crippen LogP contribution in [0.15, 0.2) is 24.3 Å². The molecule has 2 nitrogen and oxygen atoms in total. The predicted octanol–water partition coefficient (Wildman–Crippen LogP) is 4.34. The molecule has 2 N–H and O–H groups in total. The standard InChI is InChI=1S/C17H26FNO/c1-2-16(19)17(13-9-11-14(18)12-10-13)20-15-7-5-3-4-6-8-15/h9-12,15-17H,2-8,19H2,1H3. The fraction of sp³-hybridized carbons (Fsp3) is 0.647. The third kappa shape index (κ3) is 4.29. The smallest absolute Gasteiger partial charge is 0.123 e. The topological polar surface area (TPSA) is 35.2 Å². The highest BCUT2D eigenvalue weighted by Crippen LogP contribution is 2.29. The normalized spacial score (nSPS) is 20.4. The molecule has 1 fully saturated rings. The summed E-state index contributed by atoms with van der Waals surface area (Å²) in [6, 6.07) is 6.53. The number of hydrogen-bond donors (Lipinski definition) is 1. The fourth-order valence-electron chi connectivity index (χ4n) is 2.88. The van der Waals surface area contributed by atoms with Crippen LogP contribution in [0.25, 0.3) is 0 Å². The van der Waals surface area contributed by atoms with Crippen molar-refractivity contribution in [1.82, 2.24) is 0 Å². The van der Waals surface area contributed by atoms with Crippen LogP contribution in [0.3, 0.4) is 0 Å². The first-order valence-electron chi connectivity index (χ1n) is 7.87. The van der Waals surface area contributed by atoms with Crippen LogP contribution >= 0.6 is 0 Å².